The highest BCUT2D eigenvalue weighted by Gasteiger charge is 2.21. The van der Waals surface area contributed by atoms with Gasteiger partial charge in [-0.05, 0) is 5.92 Å². The van der Waals surface area contributed by atoms with E-state index in [1.165, 1.54) is 6.92 Å². The van der Waals surface area contributed by atoms with Gasteiger partial charge in [-0.3, -0.25) is 10.1 Å². The van der Waals surface area contributed by atoms with E-state index in [4.69, 9.17) is 0 Å². The lowest BCUT2D eigenvalue weighted by Crippen LogP contribution is -2.23. The molecule has 0 radical (unpaired) electrons. The molecule has 2 atom stereocenters. The van der Waals surface area contributed by atoms with Gasteiger partial charge in [0.2, 0.25) is 6.04 Å². The summed E-state index contributed by atoms with van der Waals surface area (Å²) in [6.07, 6.45) is 1.15. The van der Waals surface area contributed by atoms with Crippen molar-refractivity contribution in [2.24, 2.45) is 11.8 Å². The smallest absolute Gasteiger partial charge is 0.211 e. The van der Waals surface area contributed by atoms with Gasteiger partial charge in [0.1, 0.15) is 6.29 Å². The summed E-state index contributed by atoms with van der Waals surface area (Å²) in [6.45, 7) is 5.32. The Kier molecular flexibility index (Phi) is 4.47. The average Bonchev–Trinajstić information content (AvgIpc) is 1.98. The molecule has 12 heavy (non-hydrogen) atoms. The van der Waals surface area contributed by atoms with Gasteiger partial charge in [-0.1, -0.05) is 13.8 Å². The van der Waals surface area contributed by atoms with E-state index in [9.17, 15) is 14.9 Å². The van der Waals surface area contributed by atoms with E-state index in [1.54, 1.807) is 0 Å². The van der Waals surface area contributed by atoms with Crippen LogP contribution >= 0.6 is 0 Å². The second-order valence-electron chi connectivity index (χ2n) is 3.41. The Balaban J connectivity index is 4.02. The van der Waals surface area contributed by atoms with Crippen molar-refractivity contribution in [3.8, 4) is 0 Å². The molecule has 4 nitrogen and oxygen atoms in total. The Labute approximate surface area is 72.1 Å². The summed E-state index contributed by atoms with van der Waals surface area (Å²) in [7, 11) is 0. The number of hydrogen-bond donors (Lipinski definition) is 0. The maximum Gasteiger partial charge on any atom is 0.211 e. The summed E-state index contributed by atoms with van der Waals surface area (Å²) in [5, 5.41) is 10.3. The van der Waals surface area contributed by atoms with Gasteiger partial charge in [0, 0.05) is 24.2 Å². The van der Waals surface area contributed by atoms with Crippen molar-refractivity contribution in [1.82, 2.24) is 0 Å². The fraction of sp³-hybridized carbons (Fsp3) is 0.875. The van der Waals surface area contributed by atoms with E-state index in [2.05, 4.69) is 0 Å². The highest BCUT2D eigenvalue weighted by Crippen LogP contribution is 2.15. The predicted octanol–water partition coefficient (Wildman–Crippen LogP) is 1.51. The molecule has 0 fully saturated rings. The first-order valence-electron chi connectivity index (χ1n) is 4.07. The first-order chi connectivity index (χ1) is 5.49. The minimum Gasteiger partial charge on any atom is -0.303 e. The molecule has 0 spiro atoms. The van der Waals surface area contributed by atoms with Crippen LogP contribution in [-0.4, -0.2) is 17.3 Å². The Morgan fingerprint density at radius 3 is 2.17 bits per heavy atom. The number of carbonyl (C=O) groups is 1. The number of nitro groups is 1. The zero-order chi connectivity index (χ0) is 9.72. The largest absolute Gasteiger partial charge is 0.303 e. The molecule has 0 aliphatic carbocycles. The van der Waals surface area contributed by atoms with E-state index in [0.29, 0.717) is 6.42 Å². The third-order valence-corrected chi connectivity index (χ3v) is 2.00. The fourth-order valence-electron chi connectivity index (χ4n) is 0.965. The second-order valence-corrected chi connectivity index (χ2v) is 3.41. The number of aldehydes is 1. The molecule has 0 saturated carbocycles. The molecule has 0 aliphatic heterocycles. The van der Waals surface area contributed by atoms with Crippen molar-refractivity contribution < 1.29 is 9.72 Å². The third-order valence-electron chi connectivity index (χ3n) is 2.00. The summed E-state index contributed by atoms with van der Waals surface area (Å²) < 4.78 is 0. The van der Waals surface area contributed by atoms with Gasteiger partial charge in [-0.15, -0.1) is 0 Å². The standard InChI is InChI=1S/C8H15NO3/c1-6(2)8(5-10)4-7(3)9(11)12/h5-8H,4H2,1-3H3/t7-,8+/m0/s1. The summed E-state index contributed by atoms with van der Waals surface area (Å²) >= 11 is 0. The van der Waals surface area contributed by atoms with Crippen molar-refractivity contribution in [2.45, 2.75) is 33.2 Å². The minimum atomic E-state index is -0.623. The van der Waals surface area contributed by atoms with Crippen LogP contribution in [0.25, 0.3) is 0 Å². The number of rotatable bonds is 5. The van der Waals surface area contributed by atoms with Crippen LogP contribution in [-0.2, 0) is 4.79 Å². The molecular formula is C8H15NO3. The average molecular weight is 173 g/mol. The van der Waals surface area contributed by atoms with Gasteiger partial charge in [-0.25, -0.2) is 0 Å². The van der Waals surface area contributed by atoms with Crippen molar-refractivity contribution in [3.63, 3.8) is 0 Å². The van der Waals surface area contributed by atoms with Crippen LogP contribution in [0.5, 0.6) is 0 Å². The van der Waals surface area contributed by atoms with Gasteiger partial charge in [0.25, 0.3) is 0 Å². The van der Waals surface area contributed by atoms with E-state index < -0.39 is 6.04 Å². The van der Waals surface area contributed by atoms with Crippen LogP contribution in [0.2, 0.25) is 0 Å². The zero-order valence-electron chi connectivity index (χ0n) is 7.69. The van der Waals surface area contributed by atoms with Crippen molar-refractivity contribution in [2.75, 3.05) is 0 Å². The summed E-state index contributed by atoms with van der Waals surface area (Å²) in [4.78, 5) is 20.4. The molecule has 0 bridgehead atoms. The lowest BCUT2D eigenvalue weighted by atomic mass is 9.91. The van der Waals surface area contributed by atoms with Gasteiger partial charge < -0.3 is 4.79 Å². The van der Waals surface area contributed by atoms with Gasteiger partial charge in [0.15, 0.2) is 0 Å². The molecule has 0 rings (SSSR count). The number of nitrogens with zero attached hydrogens (tertiary/aromatic N) is 1. The Hall–Kier alpha value is -0.930. The minimum absolute atomic E-state index is 0.185. The zero-order valence-corrected chi connectivity index (χ0v) is 7.69. The van der Waals surface area contributed by atoms with Crippen LogP contribution in [0, 0.1) is 22.0 Å². The first-order valence-corrected chi connectivity index (χ1v) is 4.07. The summed E-state index contributed by atoms with van der Waals surface area (Å²) in [5.41, 5.74) is 0. The first kappa shape index (κ1) is 11.1. The van der Waals surface area contributed by atoms with E-state index >= 15 is 0 Å². The Morgan fingerprint density at radius 1 is 1.42 bits per heavy atom. The van der Waals surface area contributed by atoms with Crippen LogP contribution in [0.15, 0.2) is 0 Å². The highest BCUT2D eigenvalue weighted by molar-refractivity contribution is 5.53. The SMILES string of the molecule is CC(C)[C@@H](C=O)C[C@H](C)[N+](=O)[O-]. The number of hydrogen-bond acceptors (Lipinski definition) is 3. The maximum absolute atomic E-state index is 10.5. The van der Waals surface area contributed by atoms with E-state index in [-0.39, 0.29) is 16.8 Å². The second kappa shape index (κ2) is 4.85. The molecule has 0 saturated heterocycles. The van der Waals surface area contributed by atoms with Gasteiger partial charge >= 0.3 is 0 Å². The molecule has 0 heterocycles. The van der Waals surface area contributed by atoms with Crippen molar-refractivity contribution in [1.29, 1.82) is 0 Å². The van der Waals surface area contributed by atoms with Crippen LogP contribution < -0.4 is 0 Å². The highest BCUT2D eigenvalue weighted by atomic mass is 16.6. The Bertz CT molecular complexity index is 168. The quantitative estimate of drug-likeness (QED) is 0.359. The molecule has 0 aliphatic rings. The molecule has 0 unspecified atom stereocenters. The lowest BCUT2D eigenvalue weighted by Gasteiger charge is -2.14. The fourth-order valence-corrected chi connectivity index (χ4v) is 0.965. The molecule has 4 heteroatoms. The van der Waals surface area contributed by atoms with Gasteiger partial charge in [-0.2, -0.15) is 0 Å². The van der Waals surface area contributed by atoms with Crippen molar-refractivity contribution >= 4 is 6.29 Å². The van der Waals surface area contributed by atoms with Crippen molar-refractivity contribution in [3.05, 3.63) is 10.1 Å². The molecule has 0 aromatic rings. The normalized spacial score (nSPS) is 15.7. The molecule has 70 valence electrons. The van der Waals surface area contributed by atoms with E-state index in [0.717, 1.165) is 6.29 Å². The monoisotopic (exact) mass is 173 g/mol. The van der Waals surface area contributed by atoms with Crippen LogP contribution in [0.3, 0.4) is 0 Å². The van der Waals surface area contributed by atoms with Crippen LogP contribution in [0.4, 0.5) is 0 Å². The molecular weight excluding hydrogens is 158 g/mol. The molecule has 0 amide bonds. The molecule has 0 aromatic carbocycles. The number of carbonyl (C=O) groups excluding carboxylic acids is 1. The molecule has 0 aromatic heterocycles. The summed E-state index contributed by atoms with van der Waals surface area (Å²) in [6, 6.07) is -0.623. The topological polar surface area (TPSA) is 60.2 Å². The van der Waals surface area contributed by atoms with Gasteiger partial charge in [0.05, 0.1) is 0 Å². The van der Waals surface area contributed by atoms with Crippen LogP contribution in [0.1, 0.15) is 27.2 Å². The molecule has 0 N–H and O–H groups in total. The summed E-state index contributed by atoms with van der Waals surface area (Å²) in [5.74, 6) is -0.00435. The third kappa shape index (κ3) is 3.46. The lowest BCUT2D eigenvalue weighted by molar-refractivity contribution is -0.520. The maximum atomic E-state index is 10.5. The Morgan fingerprint density at radius 2 is 1.92 bits per heavy atom. The van der Waals surface area contributed by atoms with E-state index in [1.807, 2.05) is 13.8 Å². The predicted molar refractivity (Wildman–Crippen MR) is 45.5 cm³/mol.